The Morgan fingerprint density at radius 2 is 1.82 bits per heavy atom. The number of nitrogens with zero attached hydrogens (tertiary/aromatic N) is 1. The van der Waals surface area contributed by atoms with E-state index in [4.69, 9.17) is 0 Å². The zero-order valence-corrected chi connectivity index (χ0v) is 11.3. The topological polar surface area (TPSA) is 32.3 Å². The number of nitrogens with one attached hydrogen (secondary N) is 1. The number of rotatable bonds is 2. The zero-order chi connectivity index (χ0) is 15.9. The van der Waals surface area contributed by atoms with Gasteiger partial charge in [0.2, 0.25) is 5.91 Å². The second kappa shape index (κ2) is 5.24. The number of hydrazine groups is 1. The van der Waals surface area contributed by atoms with Crippen LogP contribution in [0.5, 0.6) is 0 Å². The van der Waals surface area contributed by atoms with Crippen molar-refractivity contribution in [1.82, 2.24) is 10.4 Å². The van der Waals surface area contributed by atoms with E-state index in [9.17, 15) is 22.4 Å². The molecule has 3 nitrogen and oxygen atoms in total. The smallest absolute Gasteiger partial charge is 0.288 e. The van der Waals surface area contributed by atoms with Gasteiger partial charge in [0.1, 0.15) is 5.82 Å². The molecule has 1 N–H and O–H groups in total. The van der Waals surface area contributed by atoms with Crippen molar-refractivity contribution in [2.24, 2.45) is 0 Å². The molecule has 116 valence electrons. The summed E-state index contributed by atoms with van der Waals surface area (Å²) in [6.07, 6.45) is -4.66. The van der Waals surface area contributed by atoms with Crippen molar-refractivity contribution in [3.05, 3.63) is 47.8 Å². The summed E-state index contributed by atoms with van der Waals surface area (Å²) >= 11 is 0. The molecule has 0 aliphatic carbocycles. The second-order valence-corrected chi connectivity index (χ2v) is 5.11. The summed E-state index contributed by atoms with van der Waals surface area (Å²) in [6.45, 7) is -0.0755. The molecular formula is C15H12F4N2O. The van der Waals surface area contributed by atoms with Crippen LogP contribution in [0.2, 0.25) is 0 Å². The lowest BCUT2D eigenvalue weighted by Crippen LogP contribution is -2.43. The largest absolute Gasteiger partial charge is 0.409 e. The van der Waals surface area contributed by atoms with Gasteiger partial charge < -0.3 is 0 Å². The number of alkyl halides is 3. The number of hydrogen-bond donors (Lipinski definition) is 1. The normalized spacial score (nSPS) is 17.7. The third-order valence-electron chi connectivity index (χ3n) is 3.65. The first-order valence-electron chi connectivity index (χ1n) is 6.68. The molecule has 0 spiro atoms. The molecule has 2 aromatic carbocycles. The van der Waals surface area contributed by atoms with Crippen molar-refractivity contribution in [3.63, 3.8) is 0 Å². The number of halogens is 4. The quantitative estimate of drug-likeness (QED) is 0.863. The average molecular weight is 312 g/mol. The summed E-state index contributed by atoms with van der Waals surface area (Å²) in [6, 6.07) is 6.29. The van der Waals surface area contributed by atoms with Crippen LogP contribution in [0.4, 0.5) is 17.6 Å². The molecule has 7 heteroatoms. The van der Waals surface area contributed by atoms with Gasteiger partial charge in [-0.1, -0.05) is 30.3 Å². The van der Waals surface area contributed by atoms with Gasteiger partial charge in [0.25, 0.3) is 0 Å². The van der Waals surface area contributed by atoms with E-state index in [2.05, 4.69) is 5.43 Å². The Morgan fingerprint density at radius 1 is 1.14 bits per heavy atom. The molecule has 0 aromatic heterocycles. The molecule has 1 heterocycles. The standard InChI is InChI=1S/C15H12F4N2O/c16-11-6-2-4-9-3-1-5-10(13(9)11)14(15(17,18)19)21-8-7-12(22)20-21/h1-6,14H,7-8H2,(H,20,22)/t14-/m0/s1. The van der Waals surface area contributed by atoms with Gasteiger partial charge in [0, 0.05) is 18.4 Å². The summed E-state index contributed by atoms with van der Waals surface area (Å²) in [5.41, 5.74) is 1.99. The number of benzene rings is 2. The van der Waals surface area contributed by atoms with Gasteiger partial charge in [-0.3, -0.25) is 10.2 Å². The Kier molecular flexibility index (Phi) is 3.52. The molecule has 22 heavy (non-hydrogen) atoms. The zero-order valence-electron chi connectivity index (χ0n) is 11.3. The number of fused-ring (bicyclic) bond motifs is 1. The number of hydrogen-bond acceptors (Lipinski definition) is 2. The van der Waals surface area contributed by atoms with Crippen LogP contribution in [0.3, 0.4) is 0 Å². The van der Waals surface area contributed by atoms with Crippen molar-refractivity contribution in [3.8, 4) is 0 Å². The Balaban J connectivity index is 2.19. The molecule has 0 saturated carbocycles. The maximum Gasteiger partial charge on any atom is 0.409 e. The summed E-state index contributed by atoms with van der Waals surface area (Å²) in [5.74, 6) is -1.19. The molecule has 1 aliphatic heterocycles. The lowest BCUT2D eigenvalue weighted by Gasteiger charge is -2.30. The van der Waals surface area contributed by atoms with E-state index in [1.807, 2.05) is 0 Å². The third kappa shape index (κ3) is 2.52. The molecule has 1 aliphatic rings. The van der Waals surface area contributed by atoms with Gasteiger partial charge in [-0.05, 0) is 17.0 Å². The van der Waals surface area contributed by atoms with Gasteiger partial charge in [-0.25, -0.2) is 9.40 Å². The Hall–Kier alpha value is -2.15. The Morgan fingerprint density at radius 3 is 2.41 bits per heavy atom. The van der Waals surface area contributed by atoms with Crippen molar-refractivity contribution < 1.29 is 22.4 Å². The van der Waals surface area contributed by atoms with E-state index in [-0.39, 0.29) is 23.9 Å². The van der Waals surface area contributed by atoms with Crippen molar-refractivity contribution in [2.75, 3.05) is 6.54 Å². The average Bonchev–Trinajstić information content (AvgIpc) is 2.84. The SMILES string of the molecule is O=C1CCN([C@@H](c2cccc3cccc(F)c23)C(F)(F)F)N1. The van der Waals surface area contributed by atoms with Gasteiger partial charge in [0.15, 0.2) is 6.04 Å². The highest BCUT2D eigenvalue weighted by molar-refractivity contribution is 5.87. The van der Waals surface area contributed by atoms with Crippen LogP contribution in [-0.2, 0) is 4.79 Å². The van der Waals surface area contributed by atoms with E-state index in [1.165, 1.54) is 18.2 Å². The minimum Gasteiger partial charge on any atom is -0.288 e. The number of amides is 1. The van der Waals surface area contributed by atoms with Crippen LogP contribution in [0.25, 0.3) is 10.8 Å². The van der Waals surface area contributed by atoms with Crippen LogP contribution in [0.15, 0.2) is 36.4 Å². The number of carbonyl (C=O) groups excluding carboxylic acids is 1. The van der Waals surface area contributed by atoms with Gasteiger partial charge in [-0.15, -0.1) is 0 Å². The van der Waals surface area contributed by atoms with Gasteiger partial charge in [-0.2, -0.15) is 13.2 Å². The van der Waals surface area contributed by atoms with Crippen LogP contribution in [0, 0.1) is 5.82 Å². The van der Waals surface area contributed by atoms with Crippen molar-refractivity contribution >= 4 is 16.7 Å². The van der Waals surface area contributed by atoms with Gasteiger partial charge >= 0.3 is 6.18 Å². The van der Waals surface area contributed by atoms with Gasteiger partial charge in [0.05, 0.1) is 0 Å². The minimum atomic E-state index is -4.64. The maximum absolute atomic E-state index is 14.1. The fourth-order valence-electron chi connectivity index (χ4n) is 2.76. The monoisotopic (exact) mass is 312 g/mol. The first-order chi connectivity index (χ1) is 10.4. The third-order valence-corrected chi connectivity index (χ3v) is 3.65. The minimum absolute atomic E-state index is 0.0141. The highest BCUT2D eigenvalue weighted by Crippen LogP contribution is 2.41. The highest BCUT2D eigenvalue weighted by atomic mass is 19.4. The van der Waals surface area contributed by atoms with E-state index >= 15 is 0 Å². The molecule has 2 aromatic rings. The van der Waals surface area contributed by atoms with Crippen LogP contribution in [-0.4, -0.2) is 23.6 Å². The molecular weight excluding hydrogens is 300 g/mol. The molecule has 0 unspecified atom stereocenters. The molecule has 0 bridgehead atoms. The lowest BCUT2D eigenvalue weighted by molar-refractivity contribution is -0.190. The summed E-state index contributed by atoms with van der Waals surface area (Å²) in [5, 5.41) is 1.13. The van der Waals surface area contributed by atoms with Crippen LogP contribution in [0.1, 0.15) is 18.0 Å². The maximum atomic E-state index is 14.1. The van der Waals surface area contributed by atoms with E-state index in [0.29, 0.717) is 5.39 Å². The van der Waals surface area contributed by atoms with E-state index in [1.54, 1.807) is 12.1 Å². The summed E-state index contributed by atoms with van der Waals surface area (Å²) < 4.78 is 54.7. The Labute approximate surface area is 123 Å². The number of carbonyl (C=O) groups is 1. The molecule has 1 saturated heterocycles. The fraction of sp³-hybridized carbons (Fsp3) is 0.267. The second-order valence-electron chi connectivity index (χ2n) is 5.11. The lowest BCUT2D eigenvalue weighted by atomic mass is 9.97. The fourth-order valence-corrected chi connectivity index (χ4v) is 2.76. The first-order valence-corrected chi connectivity index (χ1v) is 6.68. The molecule has 1 atom stereocenters. The summed E-state index contributed by atoms with van der Waals surface area (Å²) in [4.78, 5) is 11.3. The van der Waals surface area contributed by atoms with E-state index < -0.39 is 23.9 Å². The summed E-state index contributed by atoms with van der Waals surface area (Å²) in [7, 11) is 0. The predicted octanol–water partition coefficient (Wildman–Crippen LogP) is 3.32. The molecule has 0 radical (unpaired) electrons. The van der Waals surface area contributed by atoms with Crippen molar-refractivity contribution in [1.29, 1.82) is 0 Å². The van der Waals surface area contributed by atoms with Crippen LogP contribution >= 0.6 is 0 Å². The molecule has 1 amide bonds. The predicted molar refractivity (Wildman–Crippen MR) is 72.2 cm³/mol. The van der Waals surface area contributed by atoms with Crippen molar-refractivity contribution in [2.45, 2.75) is 18.6 Å². The Bertz CT molecular complexity index is 724. The van der Waals surface area contributed by atoms with Crippen LogP contribution < -0.4 is 5.43 Å². The first kappa shape index (κ1) is 14.8. The molecule has 1 fully saturated rings. The highest BCUT2D eigenvalue weighted by Gasteiger charge is 2.47. The van der Waals surface area contributed by atoms with E-state index in [0.717, 1.165) is 11.1 Å². The molecule has 3 rings (SSSR count).